The molecule has 3 aromatic carbocycles. The van der Waals surface area contributed by atoms with Gasteiger partial charge >= 0.3 is 0 Å². The summed E-state index contributed by atoms with van der Waals surface area (Å²) in [6.45, 7) is 4.12. The van der Waals surface area contributed by atoms with E-state index >= 15 is 0 Å². The van der Waals surface area contributed by atoms with E-state index in [9.17, 15) is 8.42 Å². The molecule has 28 heavy (non-hydrogen) atoms. The Morgan fingerprint density at radius 3 is 1.29 bits per heavy atom. The summed E-state index contributed by atoms with van der Waals surface area (Å²) in [7, 11) is -3.60. The second-order valence-electron chi connectivity index (χ2n) is 7.15. The van der Waals surface area contributed by atoms with Crippen molar-refractivity contribution >= 4 is 34.0 Å². The number of benzene rings is 3. The Morgan fingerprint density at radius 2 is 1.07 bits per heavy atom. The lowest BCUT2D eigenvalue weighted by molar-refractivity contribution is 0.502. The Labute approximate surface area is 169 Å². The van der Waals surface area contributed by atoms with Crippen molar-refractivity contribution in [3.05, 3.63) is 91.0 Å². The molecular weight excluding hydrogens is 387 g/mol. The first-order valence-corrected chi connectivity index (χ1v) is 11.9. The highest BCUT2D eigenvalue weighted by Crippen LogP contribution is 2.32. The SMILES string of the molecule is CC1(C)CNS(=O)(=O)N1.c1ccc(P(c2ccccc2)c2ccccc2)cc1. The minimum atomic E-state index is -3.15. The largest absolute Gasteiger partial charge is 0.277 e. The fourth-order valence-corrected chi connectivity index (χ4v) is 6.62. The van der Waals surface area contributed by atoms with Crippen LogP contribution in [0.15, 0.2) is 91.0 Å². The molecule has 3 aromatic rings. The first-order valence-electron chi connectivity index (χ1n) is 9.10. The zero-order valence-corrected chi connectivity index (χ0v) is 17.8. The topological polar surface area (TPSA) is 58.2 Å². The molecule has 0 bridgehead atoms. The minimum absolute atomic E-state index is 0.321. The molecule has 0 spiro atoms. The molecule has 2 N–H and O–H groups in total. The zero-order valence-electron chi connectivity index (χ0n) is 16.0. The van der Waals surface area contributed by atoms with Gasteiger partial charge in [-0.25, -0.2) is 4.72 Å². The summed E-state index contributed by atoms with van der Waals surface area (Å²) in [5, 5.41) is 4.19. The molecule has 1 aliphatic rings. The predicted molar refractivity (Wildman–Crippen MR) is 119 cm³/mol. The Kier molecular flexibility index (Phi) is 6.63. The molecule has 146 valence electrons. The lowest BCUT2D eigenvalue weighted by Crippen LogP contribution is -2.36. The van der Waals surface area contributed by atoms with Crippen LogP contribution >= 0.6 is 7.92 Å². The maximum atomic E-state index is 10.6. The van der Waals surface area contributed by atoms with Gasteiger partial charge in [0.25, 0.3) is 10.2 Å². The van der Waals surface area contributed by atoms with Gasteiger partial charge < -0.3 is 0 Å². The molecule has 0 aromatic heterocycles. The fraction of sp³-hybridized carbons (Fsp3) is 0.182. The maximum absolute atomic E-state index is 10.6. The van der Waals surface area contributed by atoms with Crippen molar-refractivity contribution in [2.45, 2.75) is 19.4 Å². The third-order valence-electron chi connectivity index (χ3n) is 4.16. The zero-order chi connectivity index (χ0) is 20.0. The first-order chi connectivity index (χ1) is 13.4. The van der Waals surface area contributed by atoms with Crippen LogP contribution in [-0.4, -0.2) is 20.5 Å². The molecule has 1 aliphatic heterocycles. The van der Waals surface area contributed by atoms with Gasteiger partial charge in [0.15, 0.2) is 0 Å². The molecule has 0 atom stereocenters. The third kappa shape index (κ3) is 5.73. The van der Waals surface area contributed by atoms with E-state index in [1.165, 1.54) is 15.9 Å². The molecule has 0 unspecified atom stereocenters. The molecule has 0 amide bonds. The Balaban J connectivity index is 0.000000211. The number of nitrogens with one attached hydrogen (secondary N) is 2. The molecule has 0 aliphatic carbocycles. The highest BCUT2D eigenvalue weighted by atomic mass is 32.2. The Bertz CT molecular complexity index is 885. The van der Waals surface area contributed by atoms with Gasteiger partial charge in [0.2, 0.25) is 0 Å². The highest BCUT2D eigenvalue weighted by Gasteiger charge is 2.32. The van der Waals surface area contributed by atoms with Crippen molar-refractivity contribution < 1.29 is 8.42 Å². The van der Waals surface area contributed by atoms with E-state index in [1.807, 2.05) is 13.8 Å². The summed E-state index contributed by atoms with van der Waals surface area (Å²) in [6.07, 6.45) is 0. The number of hydrogen-bond acceptors (Lipinski definition) is 2. The molecule has 1 heterocycles. The quantitative estimate of drug-likeness (QED) is 0.650. The van der Waals surface area contributed by atoms with Crippen LogP contribution < -0.4 is 25.4 Å². The molecule has 0 radical (unpaired) electrons. The van der Waals surface area contributed by atoms with Gasteiger partial charge in [-0.15, -0.1) is 0 Å². The van der Waals surface area contributed by atoms with E-state index < -0.39 is 18.1 Å². The van der Waals surface area contributed by atoms with Gasteiger partial charge in [0.1, 0.15) is 0 Å². The molecule has 4 nitrogen and oxygen atoms in total. The van der Waals surface area contributed by atoms with Crippen LogP contribution in [0.5, 0.6) is 0 Å². The molecular formula is C22H25N2O2PS. The second-order valence-corrected chi connectivity index (χ2v) is 10.9. The standard InChI is InChI=1S/C18H15P.C4H10N2O2S/c1-4-10-16(11-5-1)19(17-12-6-2-7-13-17)18-14-8-3-9-15-18;1-4(2)3-5-9(7,8)6-4/h1-15H;5-6H,3H2,1-2H3. The van der Waals surface area contributed by atoms with E-state index in [1.54, 1.807) is 0 Å². The van der Waals surface area contributed by atoms with Gasteiger partial charge in [0.05, 0.1) is 0 Å². The smallest absolute Gasteiger partial charge is 0.200 e. The van der Waals surface area contributed by atoms with Crippen molar-refractivity contribution in [2.75, 3.05) is 6.54 Å². The van der Waals surface area contributed by atoms with Crippen molar-refractivity contribution in [2.24, 2.45) is 0 Å². The Morgan fingerprint density at radius 1 is 0.714 bits per heavy atom. The second kappa shape index (κ2) is 8.97. The van der Waals surface area contributed by atoms with Crippen LogP contribution in [0, 0.1) is 0 Å². The van der Waals surface area contributed by atoms with Crippen molar-refractivity contribution in [3.8, 4) is 0 Å². The van der Waals surface area contributed by atoms with E-state index in [-0.39, 0.29) is 5.54 Å². The third-order valence-corrected chi connectivity index (χ3v) is 7.95. The summed E-state index contributed by atoms with van der Waals surface area (Å²) >= 11 is 0. The normalized spacial score (nSPS) is 17.0. The summed E-state index contributed by atoms with van der Waals surface area (Å²) < 4.78 is 26.0. The van der Waals surface area contributed by atoms with Gasteiger partial charge in [-0.3, -0.25) is 0 Å². The number of hydrogen-bond donors (Lipinski definition) is 2. The summed E-state index contributed by atoms with van der Waals surface area (Å²) in [5.41, 5.74) is -0.321. The van der Waals surface area contributed by atoms with Gasteiger partial charge in [0, 0.05) is 12.1 Å². The van der Waals surface area contributed by atoms with E-state index in [4.69, 9.17) is 0 Å². The Hall–Kier alpha value is -2.04. The van der Waals surface area contributed by atoms with Crippen LogP contribution in [0.4, 0.5) is 0 Å². The van der Waals surface area contributed by atoms with E-state index in [0.29, 0.717) is 6.54 Å². The minimum Gasteiger partial charge on any atom is -0.200 e. The first kappa shape index (κ1) is 20.7. The summed E-state index contributed by atoms with van der Waals surface area (Å²) in [6, 6.07) is 32.3. The maximum Gasteiger partial charge on any atom is 0.277 e. The number of rotatable bonds is 3. The average Bonchev–Trinajstić information content (AvgIpc) is 2.96. The van der Waals surface area contributed by atoms with Crippen LogP contribution in [0.25, 0.3) is 0 Å². The van der Waals surface area contributed by atoms with Crippen molar-refractivity contribution in [1.82, 2.24) is 9.44 Å². The molecule has 6 heteroatoms. The summed E-state index contributed by atoms with van der Waals surface area (Å²) in [4.78, 5) is 0. The molecule has 1 fully saturated rings. The predicted octanol–water partition coefficient (Wildman–Crippen LogP) is 2.65. The van der Waals surface area contributed by atoms with E-state index in [2.05, 4.69) is 100 Å². The average molecular weight is 412 g/mol. The van der Waals surface area contributed by atoms with Crippen LogP contribution in [0.3, 0.4) is 0 Å². The van der Waals surface area contributed by atoms with Gasteiger partial charge in [-0.2, -0.15) is 13.1 Å². The van der Waals surface area contributed by atoms with Crippen molar-refractivity contribution in [3.63, 3.8) is 0 Å². The lowest BCUT2D eigenvalue weighted by Gasteiger charge is -2.18. The lowest BCUT2D eigenvalue weighted by atomic mass is 10.1. The van der Waals surface area contributed by atoms with E-state index in [0.717, 1.165) is 0 Å². The highest BCUT2D eigenvalue weighted by molar-refractivity contribution is 7.87. The summed E-state index contributed by atoms with van der Waals surface area (Å²) in [5.74, 6) is 0. The molecule has 4 rings (SSSR count). The van der Waals surface area contributed by atoms with Crippen LogP contribution in [0.1, 0.15) is 13.8 Å². The van der Waals surface area contributed by atoms with Crippen molar-refractivity contribution in [1.29, 1.82) is 0 Å². The van der Waals surface area contributed by atoms with Crippen LogP contribution in [0.2, 0.25) is 0 Å². The van der Waals surface area contributed by atoms with Gasteiger partial charge in [-0.1, -0.05) is 91.0 Å². The van der Waals surface area contributed by atoms with Crippen LogP contribution in [-0.2, 0) is 10.2 Å². The molecule has 0 saturated carbocycles. The monoisotopic (exact) mass is 412 g/mol. The fourth-order valence-electron chi connectivity index (χ4n) is 2.89. The van der Waals surface area contributed by atoms with Gasteiger partial charge in [-0.05, 0) is 37.7 Å². The molecule has 1 saturated heterocycles.